The minimum atomic E-state index is -0.359. The van der Waals surface area contributed by atoms with Gasteiger partial charge in [0.15, 0.2) is 0 Å². The monoisotopic (exact) mass is 293 g/mol. The summed E-state index contributed by atoms with van der Waals surface area (Å²) in [5.41, 5.74) is 8.20. The first-order chi connectivity index (χ1) is 9.49. The molecule has 2 nitrogen and oxygen atoms in total. The van der Waals surface area contributed by atoms with Crippen molar-refractivity contribution in [3.63, 3.8) is 0 Å². The molecule has 0 aliphatic carbocycles. The lowest BCUT2D eigenvalue weighted by Gasteiger charge is -2.13. The first kappa shape index (κ1) is 14.8. The van der Waals surface area contributed by atoms with Crippen LogP contribution in [-0.4, -0.2) is 0 Å². The zero-order valence-corrected chi connectivity index (χ0v) is 12.2. The van der Waals surface area contributed by atoms with Crippen molar-refractivity contribution in [1.29, 1.82) is 0 Å². The molecule has 2 aromatic carbocycles. The van der Waals surface area contributed by atoms with Gasteiger partial charge in [0.2, 0.25) is 0 Å². The third-order valence-electron chi connectivity index (χ3n) is 3.16. The summed E-state index contributed by atoms with van der Waals surface area (Å²) in [7, 11) is 0. The SMILES string of the molecule is Cc1cc(C(C)N)ccc1OCc1c(F)cccc1Cl. The molecule has 2 aromatic rings. The molecule has 0 aromatic heterocycles. The van der Waals surface area contributed by atoms with Crippen LogP contribution in [0.25, 0.3) is 0 Å². The Morgan fingerprint density at radius 2 is 2.05 bits per heavy atom. The molecule has 0 radical (unpaired) electrons. The Morgan fingerprint density at radius 3 is 2.65 bits per heavy atom. The van der Waals surface area contributed by atoms with Gasteiger partial charge in [0.25, 0.3) is 0 Å². The molecular weight excluding hydrogens is 277 g/mol. The number of benzene rings is 2. The van der Waals surface area contributed by atoms with Gasteiger partial charge in [-0.1, -0.05) is 29.8 Å². The second-order valence-electron chi connectivity index (χ2n) is 4.80. The predicted octanol–water partition coefficient (Wildman–Crippen LogP) is 4.39. The lowest BCUT2D eigenvalue weighted by atomic mass is 10.1. The number of nitrogens with two attached hydrogens (primary N) is 1. The topological polar surface area (TPSA) is 35.2 Å². The summed E-state index contributed by atoms with van der Waals surface area (Å²) in [4.78, 5) is 0. The Labute approximate surface area is 123 Å². The molecule has 0 aliphatic heterocycles. The summed E-state index contributed by atoms with van der Waals surface area (Å²) < 4.78 is 19.3. The van der Waals surface area contributed by atoms with E-state index in [1.807, 2.05) is 32.0 Å². The molecule has 20 heavy (non-hydrogen) atoms. The Morgan fingerprint density at radius 1 is 1.30 bits per heavy atom. The van der Waals surface area contributed by atoms with Gasteiger partial charge in [0, 0.05) is 11.6 Å². The Kier molecular flexibility index (Phi) is 4.63. The number of ether oxygens (including phenoxy) is 1. The molecule has 0 saturated heterocycles. The molecule has 0 spiro atoms. The average Bonchev–Trinajstić information content (AvgIpc) is 2.39. The van der Waals surface area contributed by atoms with Crippen LogP contribution in [0.3, 0.4) is 0 Å². The lowest BCUT2D eigenvalue weighted by Crippen LogP contribution is -2.06. The molecule has 0 fully saturated rings. The molecule has 1 atom stereocenters. The number of hydrogen-bond acceptors (Lipinski definition) is 2. The van der Waals surface area contributed by atoms with Crippen molar-refractivity contribution < 1.29 is 9.13 Å². The lowest BCUT2D eigenvalue weighted by molar-refractivity contribution is 0.298. The highest BCUT2D eigenvalue weighted by atomic mass is 35.5. The van der Waals surface area contributed by atoms with Gasteiger partial charge < -0.3 is 10.5 Å². The van der Waals surface area contributed by atoms with Crippen LogP contribution in [0.2, 0.25) is 5.02 Å². The first-order valence-electron chi connectivity index (χ1n) is 6.41. The zero-order chi connectivity index (χ0) is 14.7. The van der Waals surface area contributed by atoms with Crippen LogP contribution in [-0.2, 0) is 6.61 Å². The van der Waals surface area contributed by atoms with E-state index in [4.69, 9.17) is 22.1 Å². The van der Waals surface area contributed by atoms with Crippen molar-refractivity contribution in [2.45, 2.75) is 26.5 Å². The molecule has 0 aliphatic rings. The minimum Gasteiger partial charge on any atom is -0.488 e. The predicted molar refractivity (Wildman–Crippen MR) is 79.5 cm³/mol. The van der Waals surface area contributed by atoms with Crippen LogP contribution in [0.4, 0.5) is 4.39 Å². The molecule has 1 unspecified atom stereocenters. The van der Waals surface area contributed by atoms with Gasteiger partial charge in [-0.05, 0) is 43.2 Å². The third-order valence-corrected chi connectivity index (χ3v) is 3.51. The highest BCUT2D eigenvalue weighted by molar-refractivity contribution is 6.31. The van der Waals surface area contributed by atoms with Crippen LogP contribution < -0.4 is 10.5 Å². The van der Waals surface area contributed by atoms with Crippen LogP contribution in [0.15, 0.2) is 36.4 Å². The van der Waals surface area contributed by atoms with E-state index in [-0.39, 0.29) is 18.5 Å². The summed E-state index contributed by atoms with van der Waals surface area (Å²) in [5.74, 6) is 0.344. The fourth-order valence-electron chi connectivity index (χ4n) is 1.94. The van der Waals surface area contributed by atoms with Crippen LogP contribution in [0.1, 0.15) is 29.7 Å². The molecule has 4 heteroatoms. The highest BCUT2D eigenvalue weighted by Crippen LogP contribution is 2.25. The number of rotatable bonds is 4. The molecule has 0 saturated carbocycles. The standard InChI is InChI=1S/C16H17ClFNO/c1-10-8-12(11(2)19)6-7-16(10)20-9-13-14(17)4-3-5-15(13)18/h3-8,11H,9,19H2,1-2H3. The number of aryl methyl sites for hydroxylation is 1. The summed E-state index contributed by atoms with van der Waals surface area (Å²) >= 11 is 5.97. The summed E-state index contributed by atoms with van der Waals surface area (Å²) in [6.07, 6.45) is 0. The van der Waals surface area contributed by atoms with Crippen molar-refractivity contribution in [1.82, 2.24) is 0 Å². The molecule has 0 bridgehead atoms. The van der Waals surface area contributed by atoms with E-state index in [2.05, 4.69) is 0 Å². The average molecular weight is 294 g/mol. The Hall–Kier alpha value is -1.58. The molecular formula is C16H17ClFNO. The highest BCUT2D eigenvalue weighted by Gasteiger charge is 2.09. The molecule has 2 N–H and O–H groups in total. The van der Waals surface area contributed by atoms with Crippen molar-refractivity contribution >= 4 is 11.6 Å². The Bertz CT molecular complexity index is 593. The van der Waals surface area contributed by atoms with E-state index < -0.39 is 0 Å². The van der Waals surface area contributed by atoms with E-state index in [1.54, 1.807) is 12.1 Å². The molecule has 0 heterocycles. The van der Waals surface area contributed by atoms with Gasteiger partial charge >= 0.3 is 0 Å². The van der Waals surface area contributed by atoms with E-state index in [0.29, 0.717) is 16.3 Å². The maximum atomic E-state index is 13.6. The summed E-state index contributed by atoms with van der Waals surface area (Å²) in [5, 5.41) is 0.370. The molecule has 106 valence electrons. The van der Waals surface area contributed by atoms with Crippen LogP contribution in [0.5, 0.6) is 5.75 Å². The number of hydrogen-bond donors (Lipinski definition) is 1. The van der Waals surface area contributed by atoms with Crippen molar-refractivity contribution in [3.8, 4) is 5.75 Å². The van der Waals surface area contributed by atoms with Gasteiger partial charge in [-0.15, -0.1) is 0 Å². The smallest absolute Gasteiger partial charge is 0.131 e. The van der Waals surface area contributed by atoms with Crippen molar-refractivity contribution in [2.24, 2.45) is 5.73 Å². The molecule has 0 amide bonds. The Balaban J connectivity index is 2.15. The minimum absolute atomic E-state index is 0.0243. The van der Waals surface area contributed by atoms with Crippen LogP contribution >= 0.6 is 11.6 Å². The molecule has 2 rings (SSSR count). The second-order valence-corrected chi connectivity index (χ2v) is 5.21. The van der Waals surface area contributed by atoms with Gasteiger partial charge in [0.05, 0.1) is 5.02 Å². The van der Waals surface area contributed by atoms with Gasteiger partial charge in [-0.2, -0.15) is 0 Å². The van der Waals surface area contributed by atoms with E-state index in [1.165, 1.54) is 6.07 Å². The third kappa shape index (κ3) is 3.30. The van der Waals surface area contributed by atoms with Crippen molar-refractivity contribution in [2.75, 3.05) is 0 Å². The van der Waals surface area contributed by atoms with Gasteiger partial charge in [-0.3, -0.25) is 0 Å². The largest absolute Gasteiger partial charge is 0.488 e. The van der Waals surface area contributed by atoms with Gasteiger partial charge in [0.1, 0.15) is 18.2 Å². The maximum absolute atomic E-state index is 13.6. The van der Waals surface area contributed by atoms with E-state index in [9.17, 15) is 4.39 Å². The second kappa shape index (κ2) is 6.25. The van der Waals surface area contributed by atoms with E-state index in [0.717, 1.165) is 11.1 Å². The fourth-order valence-corrected chi connectivity index (χ4v) is 2.16. The van der Waals surface area contributed by atoms with E-state index >= 15 is 0 Å². The fraction of sp³-hybridized carbons (Fsp3) is 0.250. The maximum Gasteiger partial charge on any atom is 0.131 e. The number of halogens is 2. The van der Waals surface area contributed by atoms with Crippen LogP contribution in [0, 0.1) is 12.7 Å². The zero-order valence-electron chi connectivity index (χ0n) is 11.5. The van der Waals surface area contributed by atoms with Crippen molar-refractivity contribution in [3.05, 3.63) is 63.9 Å². The quantitative estimate of drug-likeness (QED) is 0.907. The first-order valence-corrected chi connectivity index (χ1v) is 6.78. The van der Waals surface area contributed by atoms with Gasteiger partial charge in [-0.25, -0.2) is 4.39 Å². The summed E-state index contributed by atoms with van der Waals surface area (Å²) in [6.45, 7) is 3.96. The normalized spacial score (nSPS) is 12.2. The summed E-state index contributed by atoms with van der Waals surface area (Å²) in [6, 6.07) is 10.3.